The van der Waals surface area contributed by atoms with Crippen molar-refractivity contribution in [3.05, 3.63) is 11.6 Å². The fourth-order valence-corrected chi connectivity index (χ4v) is 8.37. The summed E-state index contributed by atoms with van der Waals surface area (Å²) in [6.07, 6.45) is 2.65. The van der Waals surface area contributed by atoms with Gasteiger partial charge < -0.3 is 30.6 Å². The zero-order chi connectivity index (χ0) is 25.3. The molecule has 0 saturated heterocycles. The predicted molar refractivity (Wildman–Crippen MR) is 127 cm³/mol. The van der Waals surface area contributed by atoms with E-state index in [1.807, 2.05) is 20.8 Å². The Kier molecular flexibility index (Phi) is 6.66. The Morgan fingerprint density at radius 1 is 1.12 bits per heavy atom. The molecular weight excluding hydrogens is 436 g/mol. The van der Waals surface area contributed by atoms with Crippen molar-refractivity contribution in [3.63, 3.8) is 0 Å². The van der Waals surface area contributed by atoms with Crippen LogP contribution in [0.25, 0.3) is 0 Å². The van der Waals surface area contributed by atoms with Crippen LogP contribution in [0.1, 0.15) is 79.1 Å². The van der Waals surface area contributed by atoms with Gasteiger partial charge >= 0.3 is 0 Å². The van der Waals surface area contributed by atoms with Crippen LogP contribution in [0.15, 0.2) is 11.6 Å². The molecular formula is C27H44O7. The Bertz CT molecular complexity index is 839. The summed E-state index contributed by atoms with van der Waals surface area (Å²) in [7, 11) is 0. The van der Waals surface area contributed by atoms with Gasteiger partial charge in [0.1, 0.15) is 0 Å². The quantitative estimate of drug-likeness (QED) is 0.340. The zero-order valence-electron chi connectivity index (χ0n) is 21.1. The molecule has 0 radical (unpaired) electrons. The number of hydrogen-bond acceptors (Lipinski definition) is 7. The van der Waals surface area contributed by atoms with Gasteiger partial charge in [-0.1, -0.05) is 20.8 Å². The minimum absolute atomic E-state index is 0.0326. The lowest BCUT2D eigenvalue weighted by atomic mass is 9.45. The minimum atomic E-state index is -1.42. The van der Waals surface area contributed by atoms with Gasteiger partial charge in [0.25, 0.3) is 0 Å². The standard InChI is InChI=1S/C27H44O7/c1-15(14-28)5-6-23(32)26(4,33)22-8-10-27(34)17-11-19(29)18-12-20(30)21(31)13-24(18,2)16(17)7-9-25(22,27)3/h11,15-16,18,20-23,28,30-34H,5-10,12-14H2,1-4H3/t15-,16-,18-,20+,21-,22+,23-,24+,25+,26+,27+/m0/s1. The van der Waals surface area contributed by atoms with Crippen LogP contribution in [0.2, 0.25) is 0 Å². The average Bonchev–Trinajstić information content (AvgIpc) is 3.06. The molecule has 194 valence electrons. The van der Waals surface area contributed by atoms with Crippen LogP contribution in [0, 0.1) is 34.5 Å². The Balaban J connectivity index is 1.65. The highest BCUT2D eigenvalue weighted by molar-refractivity contribution is 5.95. The van der Waals surface area contributed by atoms with E-state index in [4.69, 9.17) is 0 Å². The van der Waals surface area contributed by atoms with Crippen molar-refractivity contribution in [1.82, 2.24) is 0 Å². The number of ketones is 1. The lowest BCUT2D eigenvalue weighted by Gasteiger charge is -2.60. The largest absolute Gasteiger partial charge is 0.396 e. The summed E-state index contributed by atoms with van der Waals surface area (Å²) in [5, 5.41) is 64.7. The summed E-state index contributed by atoms with van der Waals surface area (Å²) in [4.78, 5) is 13.3. The molecule has 0 heterocycles. The topological polar surface area (TPSA) is 138 Å². The number of aliphatic hydroxyl groups excluding tert-OH is 4. The maximum Gasteiger partial charge on any atom is 0.159 e. The van der Waals surface area contributed by atoms with E-state index in [2.05, 4.69) is 0 Å². The van der Waals surface area contributed by atoms with Crippen LogP contribution in [-0.4, -0.2) is 72.5 Å². The summed E-state index contributed by atoms with van der Waals surface area (Å²) in [6.45, 7) is 7.59. The molecule has 0 spiro atoms. The summed E-state index contributed by atoms with van der Waals surface area (Å²) in [5.74, 6) is -0.859. The van der Waals surface area contributed by atoms with Crippen molar-refractivity contribution >= 4 is 5.78 Å². The predicted octanol–water partition coefficient (Wildman–Crippen LogP) is 1.71. The summed E-state index contributed by atoms with van der Waals surface area (Å²) < 4.78 is 0. The van der Waals surface area contributed by atoms with Gasteiger partial charge in [-0.2, -0.15) is 0 Å². The smallest absolute Gasteiger partial charge is 0.159 e. The Morgan fingerprint density at radius 2 is 1.79 bits per heavy atom. The first-order valence-electron chi connectivity index (χ1n) is 13.1. The Hall–Kier alpha value is -0.830. The summed E-state index contributed by atoms with van der Waals surface area (Å²) in [6, 6.07) is 0. The molecule has 4 aliphatic carbocycles. The lowest BCUT2D eigenvalue weighted by molar-refractivity contribution is -0.176. The number of fused-ring (bicyclic) bond motifs is 5. The molecule has 11 atom stereocenters. The van der Waals surface area contributed by atoms with Crippen LogP contribution < -0.4 is 0 Å². The third-order valence-corrected chi connectivity index (χ3v) is 10.7. The number of hydrogen-bond donors (Lipinski definition) is 6. The van der Waals surface area contributed by atoms with Crippen LogP contribution in [0.3, 0.4) is 0 Å². The first kappa shape index (κ1) is 26.2. The molecule has 0 aromatic heterocycles. The number of aliphatic hydroxyl groups is 6. The van der Waals surface area contributed by atoms with E-state index < -0.39 is 40.3 Å². The van der Waals surface area contributed by atoms with Crippen LogP contribution in [0.4, 0.5) is 0 Å². The van der Waals surface area contributed by atoms with Gasteiger partial charge in [-0.15, -0.1) is 0 Å². The molecule has 7 heteroatoms. The monoisotopic (exact) mass is 480 g/mol. The highest BCUT2D eigenvalue weighted by Gasteiger charge is 2.69. The van der Waals surface area contributed by atoms with Gasteiger partial charge in [0.2, 0.25) is 0 Å². The van der Waals surface area contributed by atoms with E-state index in [9.17, 15) is 35.4 Å². The van der Waals surface area contributed by atoms with Crippen molar-refractivity contribution in [2.24, 2.45) is 34.5 Å². The van der Waals surface area contributed by atoms with Crippen molar-refractivity contribution < 1.29 is 35.4 Å². The summed E-state index contributed by atoms with van der Waals surface area (Å²) >= 11 is 0. The third kappa shape index (κ3) is 3.65. The maximum atomic E-state index is 13.3. The molecule has 0 bridgehead atoms. The molecule has 0 unspecified atom stereocenters. The van der Waals surface area contributed by atoms with E-state index in [-0.39, 0.29) is 42.5 Å². The van der Waals surface area contributed by atoms with Crippen LogP contribution in [-0.2, 0) is 4.79 Å². The van der Waals surface area contributed by atoms with E-state index in [1.54, 1.807) is 13.0 Å². The van der Waals surface area contributed by atoms with Crippen molar-refractivity contribution in [1.29, 1.82) is 0 Å². The van der Waals surface area contributed by atoms with Gasteiger partial charge in [-0.25, -0.2) is 0 Å². The van der Waals surface area contributed by atoms with Gasteiger partial charge in [-0.05, 0) is 93.1 Å². The Morgan fingerprint density at radius 3 is 2.44 bits per heavy atom. The molecule has 3 saturated carbocycles. The molecule has 4 aliphatic rings. The minimum Gasteiger partial charge on any atom is -0.396 e. The number of carbonyl (C=O) groups is 1. The van der Waals surface area contributed by atoms with Crippen LogP contribution >= 0.6 is 0 Å². The second kappa shape index (κ2) is 8.63. The second-order valence-electron chi connectivity index (χ2n) is 12.7. The van der Waals surface area contributed by atoms with Gasteiger partial charge in [0.15, 0.2) is 5.78 Å². The molecule has 4 rings (SSSR count). The van der Waals surface area contributed by atoms with Crippen molar-refractivity contribution in [2.75, 3.05) is 6.61 Å². The number of rotatable bonds is 6. The van der Waals surface area contributed by atoms with Gasteiger partial charge in [-0.3, -0.25) is 4.79 Å². The van der Waals surface area contributed by atoms with E-state index >= 15 is 0 Å². The lowest BCUT2D eigenvalue weighted by Crippen LogP contribution is -2.62. The second-order valence-corrected chi connectivity index (χ2v) is 12.7. The number of allylic oxidation sites excluding steroid dienone is 1. The fraction of sp³-hybridized carbons (Fsp3) is 0.889. The summed E-state index contributed by atoms with van der Waals surface area (Å²) in [5.41, 5.74) is -3.21. The molecule has 0 aliphatic heterocycles. The molecule has 0 aromatic carbocycles. The normalized spacial score (nSPS) is 47.6. The zero-order valence-corrected chi connectivity index (χ0v) is 21.1. The third-order valence-electron chi connectivity index (χ3n) is 10.7. The number of carbonyl (C=O) groups excluding carboxylic acids is 1. The molecule has 7 nitrogen and oxygen atoms in total. The highest BCUT2D eigenvalue weighted by atomic mass is 16.3. The molecule has 0 aromatic rings. The molecule has 6 N–H and O–H groups in total. The highest BCUT2D eigenvalue weighted by Crippen LogP contribution is 2.68. The van der Waals surface area contributed by atoms with Gasteiger partial charge in [0, 0.05) is 17.9 Å². The fourth-order valence-electron chi connectivity index (χ4n) is 8.37. The van der Waals surface area contributed by atoms with Gasteiger partial charge in [0.05, 0.1) is 29.5 Å². The van der Waals surface area contributed by atoms with E-state index in [0.717, 1.165) is 12.0 Å². The maximum absolute atomic E-state index is 13.3. The molecule has 34 heavy (non-hydrogen) atoms. The van der Waals surface area contributed by atoms with E-state index in [1.165, 1.54) is 0 Å². The van der Waals surface area contributed by atoms with E-state index in [0.29, 0.717) is 38.5 Å². The van der Waals surface area contributed by atoms with Crippen molar-refractivity contribution in [3.8, 4) is 0 Å². The van der Waals surface area contributed by atoms with Crippen LogP contribution in [0.5, 0.6) is 0 Å². The SMILES string of the molecule is C[C@H](CO)CC[C@H](O)[C@](C)(O)[C@@H]1CC[C@@]2(O)C3=CC(=O)[C@@H]4C[C@@H](O)[C@@H](O)C[C@]4(C)[C@H]3CC[C@]12C. The molecule has 0 amide bonds. The first-order valence-corrected chi connectivity index (χ1v) is 13.1. The van der Waals surface area contributed by atoms with Crippen molar-refractivity contribution in [2.45, 2.75) is 109 Å². The average molecular weight is 481 g/mol. The first-order chi connectivity index (χ1) is 15.7. The molecule has 3 fully saturated rings. The Labute approximate surface area is 202 Å².